The lowest BCUT2D eigenvalue weighted by Gasteiger charge is -2.34. The first-order valence-corrected chi connectivity index (χ1v) is 19.6. The zero-order chi connectivity index (χ0) is 38.0. The Morgan fingerprint density at radius 3 is 2.04 bits per heavy atom. The minimum Gasteiger partial charge on any atom is -0.481 e. The number of aliphatic carboxylic acids is 1. The van der Waals surface area contributed by atoms with Crippen molar-refractivity contribution in [2.24, 2.45) is 5.92 Å². The number of carbonyl (C=O) groups is 4. The standard InChI is InChI=1S/C43H48N4O6S/c1-2-47(35-21-17-32(18-22-35)43(52)53)54-37-8-6-7-33(27-37)40(48)45-39-24-23-36(46-25-4-3-5-26-46)28-38(39)41(49)44-34-19-13-30(14-20-34)10-9-29-11-15-31(16-12-29)42(50)51/h6-8,11-16,19-20,23-24,27-28,32,35H,2-5,9-10,17-18,21-22,25-26H2,1H3,(H,44,49)(H,45,48)(H,50,51)(H,52,53)/t32-,35-. The summed E-state index contributed by atoms with van der Waals surface area (Å²) in [5, 5.41) is 24.6. The molecule has 0 unspecified atom stereocenters. The predicted octanol–water partition coefficient (Wildman–Crippen LogP) is 8.64. The minimum absolute atomic E-state index is 0.265. The Morgan fingerprint density at radius 2 is 1.41 bits per heavy atom. The molecule has 4 aromatic carbocycles. The van der Waals surface area contributed by atoms with Crippen molar-refractivity contribution in [3.63, 3.8) is 0 Å². The summed E-state index contributed by atoms with van der Waals surface area (Å²) in [6.45, 7) is 4.71. The summed E-state index contributed by atoms with van der Waals surface area (Å²) in [5.41, 5.74) is 5.25. The normalized spacial score (nSPS) is 17.2. The molecule has 1 saturated carbocycles. The molecule has 0 bridgehead atoms. The monoisotopic (exact) mass is 748 g/mol. The van der Waals surface area contributed by atoms with Gasteiger partial charge in [-0.2, -0.15) is 0 Å². The number of aromatic carboxylic acids is 1. The lowest BCUT2D eigenvalue weighted by atomic mass is 9.86. The third kappa shape index (κ3) is 10.1. The molecule has 11 heteroatoms. The van der Waals surface area contributed by atoms with Crippen LogP contribution in [0.5, 0.6) is 0 Å². The molecule has 0 atom stereocenters. The Hall–Kier alpha value is -5.13. The third-order valence-corrected chi connectivity index (χ3v) is 11.7. The molecule has 6 rings (SSSR count). The average Bonchev–Trinajstić information content (AvgIpc) is 3.20. The molecule has 2 amide bonds. The van der Waals surface area contributed by atoms with Crippen LogP contribution in [0.4, 0.5) is 17.1 Å². The fourth-order valence-electron chi connectivity index (χ4n) is 7.27. The molecule has 0 spiro atoms. The van der Waals surface area contributed by atoms with Crippen LogP contribution in [0.15, 0.2) is 95.9 Å². The summed E-state index contributed by atoms with van der Waals surface area (Å²) >= 11 is 1.59. The quantitative estimate of drug-likeness (QED) is 0.0934. The van der Waals surface area contributed by atoms with Gasteiger partial charge >= 0.3 is 11.9 Å². The van der Waals surface area contributed by atoms with Crippen LogP contribution < -0.4 is 15.5 Å². The van der Waals surface area contributed by atoms with E-state index in [1.807, 2.05) is 72.8 Å². The maximum atomic E-state index is 13.9. The fraction of sp³-hybridized carbons (Fsp3) is 0.349. The summed E-state index contributed by atoms with van der Waals surface area (Å²) in [4.78, 5) is 53.4. The van der Waals surface area contributed by atoms with Gasteiger partial charge in [-0.3, -0.25) is 14.4 Å². The number of hydrogen-bond acceptors (Lipinski definition) is 7. The van der Waals surface area contributed by atoms with Crippen LogP contribution in [0, 0.1) is 5.92 Å². The first-order chi connectivity index (χ1) is 26.2. The highest BCUT2D eigenvalue weighted by Crippen LogP contribution is 2.34. The number of carbonyl (C=O) groups excluding carboxylic acids is 2. The number of benzene rings is 4. The molecule has 282 valence electrons. The van der Waals surface area contributed by atoms with Gasteiger partial charge in [0.2, 0.25) is 0 Å². The van der Waals surface area contributed by atoms with Gasteiger partial charge in [-0.25, -0.2) is 9.10 Å². The second kappa shape index (κ2) is 18.3. The van der Waals surface area contributed by atoms with Gasteiger partial charge in [0, 0.05) is 47.5 Å². The summed E-state index contributed by atoms with van der Waals surface area (Å²) in [6.07, 6.45) is 7.88. The van der Waals surface area contributed by atoms with E-state index in [0.29, 0.717) is 35.3 Å². The first kappa shape index (κ1) is 38.6. The SMILES string of the molecule is CCN(Sc1cccc(C(=O)Nc2ccc(N3CCCCC3)cc2C(=O)Nc2ccc(CCc3ccc(C(=O)O)cc3)cc2)c1)[C@H]1CC[C@H](C(=O)O)CC1. The Balaban J connectivity index is 1.13. The Kier molecular flexibility index (Phi) is 13.1. The highest BCUT2D eigenvalue weighted by atomic mass is 32.2. The molecule has 2 aliphatic rings. The largest absolute Gasteiger partial charge is 0.481 e. The number of aryl methyl sites for hydroxylation is 2. The predicted molar refractivity (Wildman–Crippen MR) is 214 cm³/mol. The molecule has 54 heavy (non-hydrogen) atoms. The lowest BCUT2D eigenvalue weighted by molar-refractivity contribution is -0.143. The van der Waals surface area contributed by atoms with Crippen LogP contribution >= 0.6 is 11.9 Å². The Bertz CT molecular complexity index is 1940. The van der Waals surface area contributed by atoms with E-state index in [-0.39, 0.29) is 29.3 Å². The van der Waals surface area contributed by atoms with E-state index in [2.05, 4.69) is 26.8 Å². The molecular formula is C43H48N4O6S. The van der Waals surface area contributed by atoms with E-state index >= 15 is 0 Å². The van der Waals surface area contributed by atoms with Crippen LogP contribution in [0.1, 0.15) is 94.1 Å². The molecule has 1 aliphatic heterocycles. The first-order valence-electron chi connectivity index (χ1n) is 18.9. The van der Waals surface area contributed by atoms with Gasteiger partial charge in [-0.15, -0.1) is 0 Å². The molecule has 0 radical (unpaired) electrons. The maximum absolute atomic E-state index is 13.9. The topological polar surface area (TPSA) is 139 Å². The minimum atomic E-state index is -0.943. The van der Waals surface area contributed by atoms with Crippen molar-refractivity contribution >= 4 is 52.8 Å². The zero-order valence-electron chi connectivity index (χ0n) is 30.6. The van der Waals surface area contributed by atoms with Crippen molar-refractivity contribution in [2.45, 2.75) is 75.6 Å². The van der Waals surface area contributed by atoms with Crippen LogP contribution in [0.2, 0.25) is 0 Å². The van der Waals surface area contributed by atoms with Gasteiger partial charge in [-0.05, 0) is 142 Å². The van der Waals surface area contributed by atoms with E-state index in [1.165, 1.54) is 6.42 Å². The van der Waals surface area contributed by atoms with E-state index in [1.54, 1.807) is 30.1 Å². The number of hydrogen-bond donors (Lipinski definition) is 4. The number of rotatable bonds is 14. The molecule has 4 aromatic rings. The number of nitrogens with one attached hydrogen (secondary N) is 2. The fourth-order valence-corrected chi connectivity index (χ4v) is 8.34. The van der Waals surface area contributed by atoms with Gasteiger partial charge in [0.1, 0.15) is 0 Å². The summed E-state index contributed by atoms with van der Waals surface area (Å²) < 4.78 is 2.28. The van der Waals surface area contributed by atoms with Gasteiger partial charge in [0.15, 0.2) is 0 Å². The average molecular weight is 749 g/mol. The van der Waals surface area contributed by atoms with Crippen LogP contribution in [-0.2, 0) is 17.6 Å². The van der Waals surface area contributed by atoms with Crippen molar-refractivity contribution < 1.29 is 29.4 Å². The van der Waals surface area contributed by atoms with Crippen LogP contribution in [-0.4, -0.2) is 63.9 Å². The zero-order valence-corrected chi connectivity index (χ0v) is 31.4. The van der Waals surface area contributed by atoms with Crippen molar-refractivity contribution in [1.82, 2.24) is 4.31 Å². The summed E-state index contributed by atoms with van der Waals surface area (Å²) in [7, 11) is 0. The number of piperidine rings is 1. The molecule has 1 saturated heterocycles. The molecule has 1 heterocycles. The van der Waals surface area contributed by atoms with E-state index in [4.69, 9.17) is 5.11 Å². The number of anilines is 3. The molecule has 1 aliphatic carbocycles. The molecule has 0 aromatic heterocycles. The van der Waals surface area contributed by atoms with Crippen LogP contribution in [0.3, 0.4) is 0 Å². The van der Waals surface area contributed by atoms with Crippen molar-refractivity contribution in [3.05, 3.63) is 119 Å². The highest BCUT2D eigenvalue weighted by Gasteiger charge is 2.29. The van der Waals surface area contributed by atoms with E-state index in [9.17, 15) is 24.3 Å². The second-order valence-electron chi connectivity index (χ2n) is 14.1. The van der Waals surface area contributed by atoms with Crippen molar-refractivity contribution in [2.75, 3.05) is 35.2 Å². The lowest BCUT2D eigenvalue weighted by Crippen LogP contribution is -2.34. The number of carboxylic acid groups (broad SMARTS) is 2. The van der Waals surface area contributed by atoms with E-state index in [0.717, 1.165) is 79.9 Å². The highest BCUT2D eigenvalue weighted by molar-refractivity contribution is 7.97. The second-order valence-corrected chi connectivity index (χ2v) is 15.2. The Labute approximate surface area is 321 Å². The Morgan fingerprint density at radius 1 is 0.741 bits per heavy atom. The van der Waals surface area contributed by atoms with Gasteiger partial charge in [-0.1, -0.05) is 37.3 Å². The molecular weight excluding hydrogens is 701 g/mol. The third-order valence-electron chi connectivity index (χ3n) is 10.4. The van der Waals surface area contributed by atoms with E-state index < -0.39 is 11.9 Å². The van der Waals surface area contributed by atoms with Crippen LogP contribution in [0.25, 0.3) is 0 Å². The maximum Gasteiger partial charge on any atom is 0.335 e. The summed E-state index contributed by atoms with van der Waals surface area (Å²) in [6, 6.07) is 28.0. The smallest absolute Gasteiger partial charge is 0.335 e. The molecule has 10 nitrogen and oxygen atoms in total. The van der Waals surface area contributed by atoms with Gasteiger partial charge < -0.3 is 25.7 Å². The van der Waals surface area contributed by atoms with Crippen molar-refractivity contribution in [1.29, 1.82) is 0 Å². The molecule has 2 fully saturated rings. The van der Waals surface area contributed by atoms with Crippen molar-refractivity contribution in [3.8, 4) is 0 Å². The number of carboxylic acids is 2. The number of nitrogens with zero attached hydrogens (tertiary/aromatic N) is 2. The molecule has 4 N–H and O–H groups in total. The summed E-state index contributed by atoms with van der Waals surface area (Å²) in [5.74, 6) is -2.56. The number of amides is 2. The van der Waals surface area contributed by atoms with Gasteiger partial charge in [0.25, 0.3) is 11.8 Å². The van der Waals surface area contributed by atoms with Gasteiger partial charge in [0.05, 0.1) is 22.7 Å².